The lowest BCUT2D eigenvalue weighted by molar-refractivity contribution is 0.0686. The average molecular weight is 962 g/mol. The van der Waals surface area contributed by atoms with Gasteiger partial charge in [0, 0.05) is 73.4 Å². The number of piperidine rings is 2. The number of hydrogen-bond acceptors (Lipinski definition) is 13. The van der Waals surface area contributed by atoms with Crippen LogP contribution < -0.4 is 26.3 Å². The molecule has 4 aromatic heterocycles. The van der Waals surface area contributed by atoms with E-state index < -0.39 is 5.97 Å². The highest BCUT2D eigenvalue weighted by Gasteiger charge is 2.28. The van der Waals surface area contributed by atoms with E-state index in [1.165, 1.54) is 49.2 Å². The zero-order chi connectivity index (χ0) is 46.5. The average Bonchev–Trinajstić information content (AvgIpc) is 3.31. The van der Waals surface area contributed by atoms with Crippen LogP contribution in [0.5, 0.6) is 11.5 Å². The molecule has 67 heavy (non-hydrogen) atoms. The molecule has 0 spiro atoms. The molecule has 8 rings (SSSR count). The van der Waals surface area contributed by atoms with Gasteiger partial charge in [0.1, 0.15) is 40.5 Å². The number of aromatic carboxylic acids is 1. The minimum absolute atomic E-state index is 0. The number of carbonyl (C=O) groups is 2. The molecule has 2 aromatic carbocycles. The summed E-state index contributed by atoms with van der Waals surface area (Å²) in [5, 5.41) is 28.6. The molecule has 2 saturated heterocycles. The third kappa shape index (κ3) is 14.7. The molecule has 2 fully saturated rings. The molecule has 6 aromatic rings. The van der Waals surface area contributed by atoms with Crippen molar-refractivity contribution < 1.29 is 33.0 Å². The summed E-state index contributed by atoms with van der Waals surface area (Å²) in [6.45, 7) is 7.45. The van der Waals surface area contributed by atoms with Crippen LogP contribution in [0.2, 0.25) is 0 Å². The van der Waals surface area contributed by atoms with Gasteiger partial charge < -0.3 is 36.3 Å². The number of nitrogens with one attached hydrogen (secondary N) is 1. The molecule has 2 aliphatic heterocycles. The minimum atomic E-state index is -1.10. The summed E-state index contributed by atoms with van der Waals surface area (Å²) in [6.07, 6.45) is 8.09. The number of methoxy groups -OCH3 is 2. The van der Waals surface area contributed by atoms with Crippen LogP contribution in [0.3, 0.4) is 0 Å². The maximum atomic E-state index is 13.2. The fraction of sp³-hybridized carbons (Fsp3) is 0.333. The van der Waals surface area contributed by atoms with Crippen LogP contribution in [0.25, 0.3) is 0 Å². The zero-order valence-corrected chi connectivity index (χ0v) is 39.4. The van der Waals surface area contributed by atoms with Gasteiger partial charge >= 0.3 is 5.97 Å². The number of nitrogens with two attached hydrogens (primary N) is 2. The van der Waals surface area contributed by atoms with Gasteiger partial charge in [0.25, 0.3) is 5.91 Å². The molecule has 0 radical (unpaired) electrons. The molecule has 0 unspecified atom stereocenters. The number of carboxylic acid groups (broad SMARTS) is 1. The monoisotopic (exact) mass is 960 g/mol. The second kappa shape index (κ2) is 25.4. The number of hydrogen-bond donors (Lipinski definition) is 4. The van der Waals surface area contributed by atoms with Crippen LogP contribution >= 0.6 is 24.8 Å². The molecule has 0 atom stereocenters. The summed E-state index contributed by atoms with van der Waals surface area (Å²) in [5.41, 5.74) is 19.3. The molecule has 1 amide bonds. The van der Waals surface area contributed by atoms with Crippen molar-refractivity contribution in [2.24, 2.45) is 0 Å². The number of rotatable bonds is 10. The first-order valence-electron chi connectivity index (χ1n) is 21.3. The van der Waals surface area contributed by atoms with Crippen LogP contribution in [0.1, 0.15) is 103 Å². The third-order valence-corrected chi connectivity index (χ3v) is 11.4. The second-order valence-electron chi connectivity index (χ2n) is 15.9. The van der Waals surface area contributed by atoms with Crippen LogP contribution in [0, 0.1) is 25.5 Å². The highest BCUT2D eigenvalue weighted by atomic mass is 35.5. The number of ether oxygens (including phenoxy) is 2. The van der Waals surface area contributed by atoms with Crippen molar-refractivity contribution in [2.45, 2.75) is 64.2 Å². The summed E-state index contributed by atoms with van der Waals surface area (Å²) in [5.74, 6) is 1.00. The second-order valence-corrected chi connectivity index (χ2v) is 15.9. The lowest BCUT2D eigenvalue weighted by Gasteiger charge is -2.32. The normalized spacial score (nSPS) is 13.6. The van der Waals surface area contributed by atoms with Crippen molar-refractivity contribution in [1.29, 1.82) is 0 Å². The summed E-state index contributed by atoms with van der Waals surface area (Å²) in [4.78, 5) is 33.9. The standard InChI is InChI=1S/C24H26FN5O2.C14H12FNO3.C10H16N4.2ClH/c1-15-11-22(26)28-29-23(15)17-7-9-30(10-8-17)24(31)20-13-21(32-2)18(14-27-20)12-16-3-5-19(25)6-4-16;1-19-13-7-12(14(17)18)16-8-10(13)6-9-2-4-11(15)5-3-9;1-7-6-9(11)13-14-10(7)8-2-4-12-5-3-8;;/h3-6,11,13-14,17H,7-10,12H2,1-2H3,(H2,26,28);2-5,7-8H,6H2,1H3,(H,17,18);6,8,12H,2-5H2,1H3,(H2,11,13);2*1H. The van der Waals surface area contributed by atoms with Crippen LogP contribution in [0.4, 0.5) is 20.4 Å². The van der Waals surface area contributed by atoms with Gasteiger partial charge in [0.15, 0.2) is 5.69 Å². The first-order valence-corrected chi connectivity index (χ1v) is 21.3. The molecule has 15 nitrogen and oxygen atoms in total. The molecule has 6 N–H and O–H groups in total. The predicted molar refractivity (Wildman–Crippen MR) is 257 cm³/mol. The van der Waals surface area contributed by atoms with E-state index in [0.29, 0.717) is 60.7 Å². The summed E-state index contributed by atoms with van der Waals surface area (Å²) in [7, 11) is 3.04. The first-order chi connectivity index (χ1) is 31.3. The SMILES string of the molecule is COc1cc(C(=O)N2CCC(c3nnc(N)cc3C)CC2)ncc1Cc1ccc(F)cc1.COc1cc(C(=O)O)ncc1Cc1ccc(F)cc1.Cc1cc(N)nnc1C1CCNCC1.Cl.Cl. The molecule has 0 aliphatic carbocycles. The smallest absolute Gasteiger partial charge is 0.354 e. The number of aryl methyl sites for hydroxylation is 2. The van der Waals surface area contributed by atoms with Gasteiger partial charge in [-0.05, 0) is 111 Å². The number of nitrogens with zero attached hydrogens (tertiary/aromatic N) is 7. The Labute approximate surface area is 401 Å². The summed E-state index contributed by atoms with van der Waals surface area (Å²) in [6, 6.07) is 19.2. The molecule has 356 valence electrons. The van der Waals surface area contributed by atoms with E-state index >= 15 is 0 Å². The molecular weight excluding hydrogens is 905 g/mol. The lowest BCUT2D eigenvalue weighted by atomic mass is 9.91. The molecule has 2 aliphatic rings. The predicted octanol–water partition coefficient (Wildman–Crippen LogP) is 7.72. The molecule has 0 bridgehead atoms. The van der Waals surface area contributed by atoms with Crippen LogP contribution in [-0.2, 0) is 12.8 Å². The highest BCUT2D eigenvalue weighted by Crippen LogP contribution is 2.31. The number of amides is 1. The van der Waals surface area contributed by atoms with E-state index in [9.17, 15) is 18.4 Å². The van der Waals surface area contributed by atoms with E-state index in [1.54, 1.807) is 43.6 Å². The Balaban J connectivity index is 0.000000238. The Morgan fingerprint density at radius 2 is 1.09 bits per heavy atom. The number of carbonyl (C=O) groups excluding carboxylic acids is 1. The Kier molecular flexibility index (Phi) is 20.1. The third-order valence-electron chi connectivity index (χ3n) is 11.4. The van der Waals surface area contributed by atoms with Crippen LogP contribution in [-0.4, -0.2) is 92.6 Å². The van der Waals surface area contributed by atoms with Gasteiger partial charge in [-0.25, -0.2) is 18.6 Å². The van der Waals surface area contributed by atoms with Gasteiger partial charge in [-0.3, -0.25) is 9.78 Å². The fourth-order valence-electron chi connectivity index (χ4n) is 7.91. The van der Waals surface area contributed by atoms with E-state index in [-0.39, 0.29) is 54.0 Å². The number of aromatic nitrogens is 6. The van der Waals surface area contributed by atoms with Gasteiger partial charge in [0.2, 0.25) is 0 Å². The minimum Gasteiger partial charge on any atom is -0.496 e. The first kappa shape index (κ1) is 53.1. The van der Waals surface area contributed by atoms with Crippen molar-refractivity contribution in [1.82, 2.24) is 40.6 Å². The van der Waals surface area contributed by atoms with Gasteiger partial charge in [0.05, 0.1) is 25.6 Å². The van der Waals surface area contributed by atoms with Crippen molar-refractivity contribution in [3.8, 4) is 11.5 Å². The van der Waals surface area contributed by atoms with Crippen molar-refractivity contribution >= 4 is 48.3 Å². The maximum absolute atomic E-state index is 13.2. The van der Waals surface area contributed by atoms with Gasteiger partial charge in [-0.2, -0.15) is 10.2 Å². The van der Waals surface area contributed by atoms with E-state index in [0.717, 1.165) is 78.0 Å². The number of pyridine rings is 2. The quantitative estimate of drug-likeness (QED) is 0.103. The Morgan fingerprint density at radius 1 is 0.672 bits per heavy atom. The Bertz CT molecular complexity index is 2560. The number of benzene rings is 2. The fourth-order valence-corrected chi connectivity index (χ4v) is 7.91. The van der Waals surface area contributed by atoms with Crippen molar-refractivity contribution in [2.75, 3.05) is 51.9 Å². The highest BCUT2D eigenvalue weighted by molar-refractivity contribution is 5.93. The van der Waals surface area contributed by atoms with E-state index in [2.05, 4.69) is 42.6 Å². The van der Waals surface area contributed by atoms with Gasteiger partial charge in [-0.15, -0.1) is 35.0 Å². The lowest BCUT2D eigenvalue weighted by Crippen LogP contribution is -2.38. The summed E-state index contributed by atoms with van der Waals surface area (Å²) >= 11 is 0. The molecule has 19 heteroatoms. The van der Waals surface area contributed by atoms with E-state index in [1.807, 2.05) is 24.0 Å². The van der Waals surface area contributed by atoms with Crippen LogP contribution in [0.15, 0.2) is 85.2 Å². The number of anilines is 2. The van der Waals surface area contributed by atoms with Gasteiger partial charge in [-0.1, -0.05) is 24.3 Å². The zero-order valence-electron chi connectivity index (χ0n) is 37.7. The molecule has 6 heterocycles. The number of carboxylic acids is 1. The molecular formula is C48H56Cl2F2N10O5. The Hall–Kier alpha value is -6.56. The number of nitrogen functional groups attached to an aromatic ring is 2. The maximum Gasteiger partial charge on any atom is 0.354 e. The number of likely N-dealkylation sites (tertiary alicyclic amines) is 1. The number of halogens is 4. The summed E-state index contributed by atoms with van der Waals surface area (Å²) < 4.78 is 36.6. The topological polar surface area (TPSA) is 217 Å². The molecule has 0 saturated carbocycles. The van der Waals surface area contributed by atoms with E-state index in [4.69, 9.17) is 26.0 Å². The Morgan fingerprint density at radius 3 is 1.51 bits per heavy atom. The van der Waals surface area contributed by atoms with Crippen molar-refractivity contribution in [3.63, 3.8) is 0 Å². The largest absolute Gasteiger partial charge is 0.496 e. The van der Waals surface area contributed by atoms with Crippen molar-refractivity contribution in [3.05, 3.63) is 153 Å².